The van der Waals surface area contributed by atoms with Crippen LogP contribution in [0.5, 0.6) is 5.75 Å². The quantitative estimate of drug-likeness (QED) is 0.627. The minimum atomic E-state index is -4.58. The maximum Gasteiger partial charge on any atom is 0.416 e. The van der Waals surface area contributed by atoms with Crippen molar-refractivity contribution in [2.45, 2.75) is 37.3 Å². The molecule has 2 aromatic rings. The normalized spacial score (nSPS) is 15.4. The van der Waals surface area contributed by atoms with Gasteiger partial charge in [-0.1, -0.05) is 18.0 Å². The lowest BCUT2D eigenvalue weighted by Crippen LogP contribution is -2.35. The number of nitrogens with one attached hydrogen (secondary N) is 1. The molecule has 11 heteroatoms. The van der Waals surface area contributed by atoms with Gasteiger partial charge in [0.1, 0.15) is 5.75 Å². The number of carbonyl (C=O) groups excluding carboxylic acids is 1. The minimum absolute atomic E-state index is 0.0465. The molecule has 0 spiro atoms. The molecular weight excluding hydrogens is 469 g/mol. The zero-order valence-electron chi connectivity index (χ0n) is 17.2. The standard InChI is InChI=1S/C21H22ClF3N2O4S/c1-14-11-16(32(29,30)27-9-3-2-4-10-27)6-8-19(14)31-13-20(28)26-18-12-15(21(23,24)25)5-7-17(18)22/h5-8,11-12H,2-4,9-10,13H2,1H3,(H,26,28). The van der Waals surface area contributed by atoms with Crippen LogP contribution in [0.1, 0.15) is 30.4 Å². The summed E-state index contributed by atoms with van der Waals surface area (Å²) in [7, 11) is -3.60. The number of anilines is 1. The lowest BCUT2D eigenvalue weighted by atomic mass is 10.2. The first-order valence-electron chi connectivity index (χ1n) is 9.88. The number of sulfonamides is 1. The van der Waals surface area contributed by atoms with Crippen LogP contribution in [0.2, 0.25) is 5.02 Å². The topological polar surface area (TPSA) is 75.7 Å². The first-order valence-corrected chi connectivity index (χ1v) is 11.7. The van der Waals surface area contributed by atoms with E-state index >= 15 is 0 Å². The van der Waals surface area contributed by atoms with Gasteiger partial charge in [0.25, 0.3) is 5.91 Å². The highest BCUT2D eigenvalue weighted by molar-refractivity contribution is 7.89. The second-order valence-corrected chi connectivity index (χ2v) is 9.77. The highest BCUT2D eigenvalue weighted by Gasteiger charge is 2.31. The molecule has 174 valence electrons. The summed E-state index contributed by atoms with van der Waals surface area (Å²) in [6, 6.07) is 6.95. The molecule has 0 unspecified atom stereocenters. The summed E-state index contributed by atoms with van der Waals surface area (Å²) < 4.78 is 71.0. The third-order valence-electron chi connectivity index (χ3n) is 5.03. The van der Waals surface area contributed by atoms with E-state index < -0.39 is 34.3 Å². The van der Waals surface area contributed by atoms with Gasteiger partial charge >= 0.3 is 6.18 Å². The molecule has 1 amide bonds. The maximum absolute atomic E-state index is 12.9. The van der Waals surface area contributed by atoms with Gasteiger partial charge in [-0.3, -0.25) is 4.79 Å². The van der Waals surface area contributed by atoms with Crippen molar-refractivity contribution >= 4 is 33.2 Å². The van der Waals surface area contributed by atoms with Gasteiger partial charge in [-0.2, -0.15) is 17.5 Å². The first kappa shape index (κ1) is 24.3. The van der Waals surface area contributed by atoms with Gasteiger partial charge in [0.05, 0.1) is 21.2 Å². The van der Waals surface area contributed by atoms with Crippen LogP contribution < -0.4 is 10.1 Å². The smallest absolute Gasteiger partial charge is 0.416 e. The fourth-order valence-electron chi connectivity index (χ4n) is 3.33. The van der Waals surface area contributed by atoms with Crippen LogP contribution in [0.25, 0.3) is 0 Å². The van der Waals surface area contributed by atoms with Gasteiger partial charge in [0.2, 0.25) is 10.0 Å². The molecule has 0 aliphatic carbocycles. The number of amides is 1. The van der Waals surface area contributed by atoms with Crippen LogP contribution in [0, 0.1) is 6.92 Å². The Labute approximate surface area is 189 Å². The molecular formula is C21H22ClF3N2O4S. The molecule has 2 aromatic carbocycles. The van der Waals surface area contributed by atoms with E-state index in [1.807, 2.05) is 0 Å². The molecule has 1 fully saturated rings. The van der Waals surface area contributed by atoms with E-state index in [4.69, 9.17) is 16.3 Å². The maximum atomic E-state index is 12.9. The van der Waals surface area contributed by atoms with Crippen molar-refractivity contribution in [3.63, 3.8) is 0 Å². The number of hydrogen-bond acceptors (Lipinski definition) is 4. The number of carbonyl (C=O) groups is 1. The minimum Gasteiger partial charge on any atom is -0.483 e. The summed E-state index contributed by atoms with van der Waals surface area (Å²) >= 11 is 5.87. The fourth-order valence-corrected chi connectivity index (χ4v) is 5.09. The first-order chi connectivity index (χ1) is 15.0. The number of benzene rings is 2. The second-order valence-electron chi connectivity index (χ2n) is 7.42. The highest BCUT2D eigenvalue weighted by atomic mass is 35.5. The van der Waals surface area contributed by atoms with Gasteiger partial charge in [-0.25, -0.2) is 8.42 Å². The number of aryl methyl sites for hydroxylation is 1. The molecule has 1 aliphatic heterocycles. The third kappa shape index (κ3) is 5.73. The molecule has 1 heterocycles. The largest absolute Gasteiger partial charge is 0.483 e. The number of ether oxygens (including phenoxy) is 1. The molecule has 0 atom stereocenters. The summed E-state index contributed by atoms with van der Waals surface area (Å²) in [5.74, 6) is -0.427. The Balaban J connectivity index is 1.65. The number of hydrogen-bond donors (Lipinski definition) is 1. The predicted octanol–water partition coefficient (Wildman–Crippen LogP) is 4.86. The van der Waals surface area contributed by atoms with Crippen LogP contribution >= 0.6 is 11.6 Å². The zero-order chi connectivity index (χ0) is 23.5. The Kier molecular flexibility index (Phi) is 7.36. The van der Waals surface area contributed by atoms with E-state index in [0.717, 1.165) is 37.5 Å². The van der Waals surface area contributed by atoms with E-state index in [2.05, 4.69) is 5.32 Å². The van der Waals surface area contributed by atoms with Crippen LogP contribution in [0.3, 0.4) is 0 Å². The Morgan fingerprint density at radius 2 is 1.81 bits per heavy atom. The molecule has 0 saturated carbocycles. The van der Waals surface area contributed by atoms with E-state index in [9.17, 15) is 26.4 Å². The van der Waals surface area contributed by atoms with Crippen molar-refractivity contribution < 1.29 is 31.1 Å². The Bertz CT molecular complexity index is 1100. The molecule has 0 bridgehead atoms. The second kappa shape index (κ2) is 9.68. The van der Waals surface area contributed by atoms with E-state index in [1.54, 1.807) is 6.92 Å². The average Bonchev–Trinajstić information content (AvgIpc) is 2.74. The van der Waals surface area contributed by atoms with Gasteiger partial charge in [-0.15, -0.1) is 0 Å². The van der Waals surface area contributed by atoms with Gasteiger partial charge in [0, 0.05) is 13.1 Å². The lowest BCUT2D eigenvalue weighted by Gasteiger charge is -2.26. The lowest BCUT2D eigenvalue weighted by molar-refractivity contribution is -0.137. The van der Waals surface area contributed by atoms with E-state index in [1.165, 1.54) is 22.5 Å². The van der Waals surface area contributed by atoms with Crippen molar-refractivity contribution in [1.82, 2.24) is 4.31 Å². The predicted molar refractivity (Wildman–Crippen MR) is 114 cm³/mol. The number of piperidine rings is 1. The number of alkyl halides is 3. The number of nitrogens with zero attached hydrogens (tertiary/aromatic N) is 1. The molecule has 1 saturated heterocycles. The highest BCUT2D eigenvalue weighted by Crippen LogP contribution is 2.34. The van der Waals surface area contributed by atoms with Gasteiger partial charge in [0.15, 0.2) is 6.61 Å². The van der Waals surface area contributed by atoms with Gasteiger partial charge in [-0.05, 0) is 61.7 Å². The van der Waals surface area contributed by atoms with Crippen molar-refractivity contribution in [1.29, 1.82) is 0 Å². The third-order valence-corrected chi connectivity index (χ3v) is 7.25. The molecule has 3 rings (SSSR count). The van der Waals surface area contributed by atoms with E-state index in [-0.39, 0.29) is 21.4 Å². The van der Waals surface area contributed by atoms with E-state index in [0.29, 0.717) is 18.7 Å². The summed E-state index contributed by atoms with van der Waals surface area (Å²) in [5, 5.41) is 2.25. The summed E-state index contributed by atoms with van der Waals surface area (Å²) in [5.41, 5.74) is -0.623. The van der Waals surface area contributed by atoms with Crippen LogP contribution in [-0.4, -0.2) is 38.3 Å². The van der Waals surface area contributed by atoms with Crippen molar-refractivity contribution in [2.75, 3.05) is 25.0 Å². The van der Waals surface area contributed by atoms with Crippen LogP contribution in [-0.2, 0) is 21.0 Å². The van der Waals surface area contributed by atoms with Gasteiger partial charge < -0.3 is 10.1 Å². The average molecular weight is 491 g/mol. The monoisotopic (exact) mass is 490 g/mol. The molecule has 0 aromatic heterocycles. The Morgan fingerprint density at radius 3 is 2.44 bits per heavy atom. The fraction of sp³-hybridized carbons (Fsp3) is 0.381. The Hall–Kier alpha value is -2.30. The van der Waals surface area contributed by atoms with Crippen LogP contribution in [0.15, 0.2) is 41.3 Å². The summed E-state index contributed by atoms with van der Waals surface area (Å²) in [6.07, 6.45) is -1.92. The summed E-state index contributed by atoms with van der Waals surface area (Å²) in [4.78, 5) is 12.3. The number of rotatable bonds is 6. The number of halogens is 4. The van der Waals surface area contributed by atoms with Crippen molar-refractivity contribution in [3.8, 4) is 5.75 Å². The molecule has 1 N–H and O–H groups in total. The van der Waals surface area contributed by atoms with Crippen molar-refractivity contribution in [3.05, 3.63) is 52.5 Å². The molecule has 32 heavy (non-hydrogen) atoms. The van der Waals surface area contributed by atoms with Crippen LogP contribution in [0.4, 0.5) is 18.9 Å². The molecule has 6 nitrogen and oxygen atoms in total. The van der Waals surface area contributed by atoms with Crippen molar-refractivity contribution in [2.24, 2.45) is 0 Å². The Morgan fingerprint density at radius 1 is 1.12 bits per heavy atom. The molecule has 0 radical (unpaired) electrons. The SMILES string of the molecule is Cc1cc(S(=O)(=O)N2CCCCC2)ccc1OCC(=O)Nc1cc(C(F)(F)F)ccc1Cl. The zero-order valence-corrected chi connectivity index (χ0v) is 18.8. The summed E-state index contributed by atoms with van der Waals surface area (Å²) in [6.45, 7) is 2.12. The molecule has 1 aliphatic rings.